The van der Waals surface area contributed by atoms with Crippen LogP contribution in [0.4, 0.5) is 5.69 Å². The van der Waals surface area contributed by atoms with E-state index in [1.807, 2.05) is 38.1 Å². The number of hydrogen-bond acceptors (Lipinski definition) is 3. The van der Waals surface area contributed by atoms with Gasteiger partial charge in [0.15, 0.2) is 0 Å². The first kappa shape index (κ1) is 14.9. The summed E-state index contributed by atoms with van der Waals surface area (Å²) in [5.74, 6) is 0.157. The summed E-state index contributed by atoms with van der Waals surface area (Å²) in [6, 6.07) is 11.0. The molecule has 0 aliphatic carbocycles. The van der Waals surface area contributed by atoms with Crippen molar-refractivity contribution < 1.29 is 9.90 Å². The molecule has 0 fully saturated rings. The van der Waals surface area contributed by atoms with Crippen LogP contribution in [0.1, 0.15) is 27.0 Å². The molecule has 4 heteroatoms. The van der Waals surface area contributed by atoms with E-state index in [0.29, 0.717) is 12.1 Å². The molecule has 0 saturated heterocycles. The number of nitrogens with one attached hydrogen (secondary N) is 2. The van der Waals surface area contributed by atoms with Crippen molar-refractivity contribution in [3.8, 4) is 5.75 Å². The predicted molar refractivity (Wildman–Crippen MR) is 84.7 cm³/mol. The second kappa shape index (κ2) is 6.31. The lowest BCUT2D eigenvalue weighted by molar-refractivity contribution is 0.0963. The first-order valence-electron chi connectivity index (χ1n) is 6.86. The van der Waals surface area contributed by atoms with E-state index in [4.69, 9.17) is 0 Å². The number of carbonyl (C=O) groups is 1. The number of phenolic OH excluding ortho intramolecular Hbond substituents is 1. The highest BCUT2D eigenvalue weighted by molar-refractivity contribution is 5.95. The lowest BCUT2D eigenvalue weighted by Gasteiger charge is -2.12. The third kappa shape index (κ3) is 3.54. The monoisotopic (exact) mass is 284 g/mol. The molecule has 0 heterocycles. The molecule has 0 spiro atoms. The van der Waals surface area contributed by atoms with Crippen LogP contribution in [-0.2, 0) is 6.54 Å². The fraction of sp³-hybridized carbons (Fsp3) is 0.235. The van der Waals surface area contributed by atoms with Crippen LogP contribution >= 0.6 is 0 Å². The molecule has 110 valence electrons. The van der Waals surface area contributed by atoms with Crippen LogP contribution in [0.5, 0.6) is 5.75 Å². The summed E-state index contributed by atoms with van der Waals surface area (Å²) >= 11 is 0. The molecule has 1 amide bonds. The molecule has 0 bridgehead atoms. The number of rotatable bonds is 4. The normalized spacial score (nSPS) is 10.2. The number of aryl methyl sites for hydroxylation is 2. The van der Waals surface area contributed by atoms with Crippen molar-refractivity contribution in [2.45, 2.75) is 20.4 Å². The lowest BCUT2D eigenvalue weighted by atomic mass is 10.1. The van der Waals surface area contributed by atoms with Crippen LogP contribution in [0, 0.1) is 13.8 Å². The van der Waals surface area contributed by atoms with Crippen molar-refractivity contribution in [2.24, 2.45) is 0 Å². The molecule has 2 aromatic rings. The fourth-order valence-electron chi connectivity index (χ4n) is 2.14. The van der Waals surface area contributed by atoms with Crippen LogP contribution in [0.2, 0.25) is 0 Å². The molecule has 0 aliphatic rings. The maximum atomic E-state index is 11.7. The number of benzene rings is 2. The van der Waals surface area contributed by atoms with E-state index in [0.717, 1.165) is 22.4 Å². The third-order valence-electron chi connectivity index (χ3n) is 3.43. The van der Waals surface area contributed by atoms with Gasteiger partial charge in [-0.3, -0.25) is 4.79 Å². The summed E-state index contributed by atoms with van der Waals surface area (Å²) in [5.41, 5.74) is 4.48. The SMILES string of the molecule is CNC(=O)c1ccc(C)c(NCc2cc(C)ccc2O)c1. The Balaban J connectivity index is 2.19. The summed E-state index contributed by atoms with van der Waals surface area (Å²) < 4.78 is 0. The molecular weight excluding hydrogens is 264 g/mol. The minimum atomic E-state index is -0.114. The Hall–Kier alpha value is -2.49. The number of carbonyl (C=O) groups excluding carboxylic acids is 1. The van der Waals surface area contributed by atoms with Crippen LogP contribution < -0.4 is 10.6 Å². The second-order valence-corrected chi connectivity index (χ2v) is 5.09. The van der Waals surface area contributed by atoms with Crippen LogP contribution in [0.3, 0.4) is 0 Å². The Morgan fingerprint density at radius 2 is 1.90 bits per heavy atom. The Labute approximate surface area is 124 Å². The second-order valence-electron chi connectivity index (χ2n) is 5.09. The maximum Gasteiger partial charge on any atom is 0.251 e. The average molecular weight is 284 g/mol. The van der Waals surface area contributed by atoms with Gasteiger partial charge in [0.25, 0.3) is 5.91 Å². The molecule has 0 radical (unpaired) electrons. The van der Waals surface area contributed by atoms with Crippen molar-refractivity contribution in [1.82, 2.24) is 5.32 Å². The van der Waals surface area contributed by atoms with Gasteiger partial charge in [-0.1, -0.05) is 23.8 Å². The molecule has 0 unspecified atom stereocenters. The van der Waals surface area contributed by atoms with E-state index in [1.165, 1.54) is 0 Å². The van der Waals surface area contributed by atoms with Gasteiger partial charge in [-0.25, -0.2) is 0 Å². The fourth-order valence-corrected chi connectivity index (χ4v) is 2.14. The number of phenols is 1. The number of hydrogen-bond donors (Lipinski definition) is 3. The minimum Gasteiger partial charge on any atom is -0.508 e. The highest BCUT2D eigenvalue weighted by Gasteiger charge is 2.07. The lowest BCUT2D eigenvalue weighted by Crippen LogP contribution is -2.18. The highest BCUT2D eigenvalue weighted by Crippen LogP contribution is 2.22. The molecule has 4 nitrogen and oxygen atoms in total. The van der Waals surface area contributed by atoms with Gasteiger partial charge in [-0.05, 0) is 37.6 Å². The van der Waals surface area contributed by atoms with Crippen LogP contribution in [-0.4, -0.2) is 18.1 Å². The van der Waals surface area contributed by atoms with Gasteiger partial charge < -0.3 is 15.7 Å². The molecular formula is C17H20N2O2. The van der Waals surface area contributed by atoms with E-state index in [9.17, 15) is 9.90 Å². The molecule has 0 aromatic heterocycles. The summed E-state index contributed by atoms with van der Waals surface area (Å²) in [6.07, 6.45) is 0. The Morgan fingerprint density at radius 1 is 1.14 bits per heavy atom. The van der Waals surface area contributed by atoms with E-state index in [2.05, 4.69) is 10.6 Å². The average Bonchev–Trinajstić information content (AvgIpc) is 2.48. The summed E-state index contributed by atoms with van der Waals surface area (Å²) in [5, 5.41) is 15.7. The largest absolute Gasteiger partial charge is 0.508 e. The van der Waals surface area contributed by atoms with Crippen molar-refractivity contribution >= 4 is 11.6 Å². The van der Waals surface area contributed by atoms with Gasteiger partial charge in [0.2, 0.25) is 0 Å². The third-order valence-corrected chi connectivity index (χ3v) is 3.43. The molecule has 0 aliphatic heterocycles. The van der Waals surface area contributed by atoms with Gasteiger partial charge in [0, 0.05) is 30.4 Å². The minimum absolute atomic E-state index is 0.114. The van der Waals surface area contributed by atoms with Gasteiger partial charge >= 0.3 is 0 Å². The first-order valence-corrected chi connectivity index (χ1v) is 6.86. The quantitative estimate of drug-likeness (QED) is 0.809. The predicted octanol–water partition coefficient (Wildman–Crippen LogP) is 2.98. The van der Waals surface area contributed by atoms with E-state index in [-0.39, 0.29) is 11.7 Å². The Bertz CT molecular complexity index is 666. The smallest absolute Gasteiger partial charge is 0.251 e. The van der Waals surface area contributed by atoms with Crippen molar-refractivity contribution in [3.63, 3.8) is 0 Å². The van der Waals surface area contributed by atoms with E-state index < -0.39 is 0 Å². The van der Waals surface area contributed by atoms with Crippen molar-refractivity contribution in [1.29, 1.82) is 0 Å². The van der Waals surface area contributed by atoms with Crippen LogP contribution in [0.15, 0.2) is 36.4 Å². The number of anilines is 1. The summed E-state index contributed by atoms with van der Waals surface area (Å²) in [7, 11) is 1.61. The first-order chi connectivity index (χ1) is 10.0. The zero-order valence-electron chi connectivity index (χ0n) is 12.5. The van der Waals surface area contributed by atoms with E-state index >= 15 is 0 Å². The highest BCUT2D eigenvalue weighted by atomic mass is 16.3. The Morgan fingerprint density at radius 3 is 2.62 bits per heavy atom. The maximum absolute atomic E-state index is 11.7. The van der Waals surface area contributed by atoms with Gasteiger partial charge in [-0.2, -0.15) is 0 Å². The van der Waals surface area contributed by atoms with Crippen molar-refractivity contribution in [2.75, 3.05) is 12.4 Å². The van der Waals surface area contributed by atoms with Gasteiger partial charge in [-0.15, -0.1) is 0 Å². The van der Waals surface area contributed by atoms with Crippen molar-refractivity contribution in [3.05, 3.63) is 58.7 Å². The molecule has 2 rings (SSSR count). The molecule has 2 aromatic carbocycles. The van der Waals surface area contributed by atoms with E-state index in [1.54, 1.807) is 19.2 Å². The number of amides is 1. The molecule has 0 atom stereocenters. The Kier molecular flexibility index (Phi) is 4.48. The van der Waals surface area contributed by atoms with Gasteiger partial charge in [0.1, 0.15) is 5.75 Å². The standard InChI is InChI=1S/C17H20N2O2/c1-11-4-7-16(20)14(8-11)10-19-15-9-13(17(21)18-3)6-5-12(15)2/h4-9,19-20H,10H2,1-3H3,(H,18,21). The summed E-state index contributed by atoms with van der Waals surface area (Å²) in [6.45, 7) is 4.47. The summed E-state index contributed by atoms with van der Waals surface area (Å²) in [4.78, 5) is 11.7. The zero-order valence-corrected chi connectivity index (χ0v) is 12.5. The van der Waals surface area contributed by atoms with Crippen LogP contribution in [0.25, 0.3) is 0 Å². The molecule has 0 saturated carbocycles. The number of aromatic hydroxyl groups is 1. The molecule has 3 N–H and O–H groups in total. The van der Waals surface area contributed by atoms with Gasteiger partial charge in [0.05, 0.1) is 0 Å². The topological polar surface area (TPSA) is 61.4 Å². The molecule has 21 heavy (non-hydrogen) atoms. The zero-order chi connectivity index (χ0) is 15.4.